The number of aromatic amines is 1. The van der Waals surface area contributed by atoms with Crippen molar-refractivity contribution in [1.29, 1.82) is 0 Å². The predicted octanol–water partition coefficient (Wildman–Crippen LogP) is 1.72. The molecule has 0 aliphatic carbocycles. The Bertz CT molecular complexity index is 943. The molecule has 2 N–H and O–H groups in total. The van der Waals surface area contributed by atoms with E-state index in [1.807, 2.05) is 25.1 Å². The molecule has 1 aromatic heterocycles. The molecule has 0 amide bonds. The van der Waals surface area contributed by atoms with Crippen LogP contribution in [0.2, 0.25) is 0 Å². The number of hydrogen-bond acceptors (Lipinski definition) is 2. The van der Waals surface area contributed by atoms with Gasteiger partial charge in [0.05, 0.1) is 18.7 Å². The molecule has 2 atom stereocenters. The Kier molecular flexibility index (Phi) is 6.11. The summed E-state index contributed by atoms with van der Waals surface area (Å²) >= 11 is 0. The minimum atomic E-state index is -0.835. The zero-order valence-electron chi connectivity index (χ0n) is 16.9. The van der Waals surface area contributed by atoms with Crippen LogP contribution in [0.1, 0.15) is 43.9 Å². The van der Waals surface area contributed by atoms with E-state index >= 15 is 0 Å². The van der Waals surface area contributed by atoms with Gasteiger partial charge in [-0.1, -0.05) is 55.5 Å². The first-order chi connectivity index (χ1) is 12.6. The molecule has 0 fully saturated rings. The van der Waals surface area contributed by atoms with Crippen molar-refractivity contribution >= 4 is 16.9 Å². The zero-order valence-corrected chi connectivity index (χ0v) is 17.9. The van der Waals surface area contributed by atoms with E-state index in [2.05, 4.69) is 41.4 Å². The van der Waals surface area contributed by atoms with Crippen molar-refractivity contribution in [2.45, 2.75) is 37.7 Å². The molecule has 0 spiro atoms. The van der Waals surface area contributed by atoms with E-state index in [-0.39, 0.29) is 43.3 Å². The third kappa shape index (κ3) is 3.72. The molecule has 5 heteroatoms. The summed E-state index contributed by atoms with van der Waals surface area (Å²) in [5.74, 6) is -0.630. The van der Waals surface area contributed by atoms with Crippen LogP contribution in [0.15, 0.2) is 54.6 Å². The van der Waals surface area contributed by atoms with Crippen molar-refractivity contribution in [2.75, 3.05) is 6.61 Å². The van der Waals surface area contributed by atoms with E-state index in [0.29, 0.717) is 13.0 Å². The van der Waals surface area contributed by atoms with E-state index in [4.69, 9.17) is 4.74 Å². The second-order valence-corrected chi connectivity index (χ2v) is 7.08. The van der Waals surface area contributed by atoms with Gasteiger partial charge in [-0.05, 0) is 30.0 Å². The van der Waals surface area contributed by atoms with Gasteiger partial charge in [0.15, 0.2) is 0 Å². The molecular weight excluding hydrogens is 349 g/mol. The number of carboxylic acids is 1. The first kappa shape index (κ1) is 20.2. The van der Waals surface area contributed by atoms with Crippen LogP contribution in [0.3, 0.4) is 0 Å². The van der Waals surface area contributed by atoms with Crippen LogP contribution in [-0.4, -0.2) is 22.7 Å². The molecular formula is C22H24NNaO3. The topological polar surface area (TPSA) is 62.3 Å². The monoisotopic (exact) mass is 373 g/mol. The van der Waals surface area contributed by atoms with Crippen LogP contribution >= 0.6 is 0 Å². The van der Waals surface area contributed by atoms with Crippen molar-refractivity contribution in [2.24, 2.45) is 0 Å². The number of para-hydroxylation sites is 1. The number of H-pyrrole nitrogens is 1. The number of hydrogen-bond donors (Lipinski definition) is 2. The van der Waals surface area contributed by atoms with Gasteiger partial charge in [0.25, 0.3) is 0 Å². The second kappa shape index (κ2) is 8.19. The number of carbonyl (C=O) groups is 1. The fourth-order valence-electron chi connectivity index (χ4n) is 4.21. The van der Waals surface area contributed by atoms with E-state index in [1.54, 1.807) is 0 Å². The second-order valence-electron chi connectivity index (χ2n) is 7.08. The quantitative estimate of drug-likeness (QED) is 0.670. The number of aromatic nitrogens is 1. The molecule has 0 radical (unpaired) electrons. The minimum absolute atomic E-state index is 0. The van der Waals surface area contributed by atoms with Gasteiger partial charge in [-0.2, -0.15) is 0 Å². The van der Waals surface area contributed by atoms with Crippen LogP contribution in [-0.2, 0) is 21.6 Å². The number of rotatable bonds is 5. The average Bonchev–Trinajstić information content (AvgIpc) is 3.05. The predicted molar refractivity (Wildman–Crippen MR) is 102 cm³/mol. The fraction of sp³-hybridized carbons (Fsp3) is 0.318. The summed E-state index contributed by atoms with van der Waals surface area (Å²) in [6, 6.07) is 18.6. The first-order valence-electron chi connectivity index (χ1n) is 9.14. The van der Waals surface area contributed by atoms with Crippen molar-refractivity contribution in [1.82, 2.24) is 4.98 Å². The van der Waals surface area contributed by atoms with E-state index in [0.717, 1.165) is 17.6 Å². The van der Waals surface area contributed by atoms with Gasteiger partial charge in [0, 0.05) is 16.8 Å². The third-order valence-corrected chi connectivity index (χ3v) is 5.50. The summed E-state index contributed by atoms with van der Waals surface area (Å²) in [4.78, 5) is 15.0. The van der Waals surface area contributed by atoms with Crippen LogP contribution in [0.5, 0.6) is 0 Å². The normalized spacial score (nSPS) is 21.4. The van der Waals surface area contributed by atoms with Gasteiger partial charge in [-0.3, -0.25) is 4.79 Å². The summed E-state index contributed by atoms with van der Waals surface area (Å²) in [5.41, 5.74) is 3.69. The van der Waals surface area contributed by atoms with Gasteiger partial charge >= 0.3 is 35.5 Å². The molecule has 1 aliphatic rings. The largest absolute Gasteiger partial charge is 1.00 e. The molecule has 2 unspecified atom stereocenters. The number of benzene rings is 2. The van der Waals surface area contributed by atoms with Gasteiger partial charge in [0.1, 0.15) is 5.60 Å². The van der Waals surface area contributed by atoms with Crippen LogP contribution in [0, 0.1) is 0 Å². The molecule has 3 aromatic rings. The molecule has 1 aliphatic heterocycles. The van der Waals surface area contributed by atoms with Gasteiger partial charge in [-0.15, -0.1) is 0 Å². The third-order valence-electron chi connectivity index (χ3n) is 5.50. The summed E-state index contributed by atoms with van der Waals surface area (Å²) < 4.78 is 6.25. The van der Waals surface area contributed by atoms with Crippen LogP contribution in [0.4, 0.5) is 0 Å². The fourth-order valence-corrected chi connectivity index (χ4v) is 4.21. The molecule has 27 heavy (non-hydrogen) atoms. The average molecular weight is 373 g/mol. The molecule has 0 saturated heterocycles. The number of fused-ring (bicyclic) bond motifs is 3. The summed E-state index contributed by atoms with van der Waals surface area (Å²) in [6.07, 6.45) is 1.47. The standard InChI is InChI=1S/C22H23NO3.Na.H/c1-2-22(13-19(24)25)21-20(17-10-6-7-11-18(17)23-21)16(14-26-22)12-15-8-4-3-5-9-15;;/h3-11,16,23H,2,12-14H2,1H3,(H,24,25);;/q;+1;-1. The molecule has 4 rings (SSSR count). The Morgan fingerprint density at radius 2 is 1.93 bits per heavy atom. The Morgan fingerprint density at radius 1 is 1.22 bits per heavy atom. The van der Waals surface area contributed by atoms with Gasteiger partial charge in [0.2, 0.25) is 0 Å². The molecule has 0 saturated carbocycles. The summed E-state index contributed by atoms with van der Waals surface area (Å²) in [6.45, 7) is 2.53. The molecule has 4 nitrogen and oxygen atoms in total. The molecule has 2 aromatic carbocycles. The summed E-state index contributed by atoms with van der Waals surface area (Å²) in [5, 5.41) is 10.6. The van der Waals surface area contributed by atoms with Crippen molar-refractivity contribution in [3.05, 3.63) is 71.4 Å². The van der Waals surface area contributed by atoms with E-state index < -0.39 is 11.6 Å². The van der Waals surface area contributed by atoms with Crippen molar-refractivity contribution in [3.63, 3.8) is 0 Å². The SMILES string of the molecule is CCC1(CC(=O)O)OCC(Cc2ccccc2)c2c1[nH]c1ccccc21.[H-].[Na+]. The summed E-state index contributed by atoms with van der Waals surface area (Å²) in [7, 11) is 0. The van der Waals surface area contributed by atoms with E-state index in [1.165, 1.54) is 16.5 Å². The Labute approximate surface area is 182 Å². The Balaban J connectivity index is 0.00000140. The maximum absolute atomic E-state index is 11.5. The zero-order chi connectivity index (χ0) is 18.1. The number of carboxylic acid groups (broad SMARTS) is 1. The Morgan fingerprint density at radius 3 is 2.63 bits per heavy atom. The van der Waals surface area contributed by atoms with Crippen LogP contribution < -0.4 is 29.6 Å². The smallest absolute Gasteiger partial charge is 1.00 e. The molecule has 136 valence electrons. The number of nitrogens with one attached hydrogen (secondary N) is 1. The maximum atomic E-state index is 11.5. The van der Waals surface area contributed by atoms with Crippen LogP contribution in [0.25, 0.3) is 10.9 Å². The maximum Gasteiger partial charge on any atom is 1.00 e. The van der Waals surface area contributed by atoms with E-state index in [9.17, 15) is 9.90 Å². The minimum Gasteiger partial charge on any atom is -1.00 e. The molecule has 2 heterocycles. The van der Waals surface area contributed by atoms with Gasteiger partial charge < -0.3 is 16.3 Å². The Hall–Kier alpha value is -1.59. The molecule has 0 bridgehead atoms. The number of aliphatic carboxylic acids is 1. The van der Waals surface area contributed by atoms with Crippen molar-refractivity contribution in [3.8, 4) is 0 Å². The number of ether oxygens (including phenoxy) is 1. The van der Waals surface area contributed by atoms with Crippen molar-refractivity contribution < 1.29 is 45.6 Å². The van der Waals surface area contributed by atoms with Gasteiger partial charge in [-0.25, -0.2) is 0 Å². The first-order valence-corrected chi connectivity index (χ1v) is 9.14.